The number of nitrogens with zero attached hydrogens (tertiary/aromatic N) is 2. The molecule has 0 aromatic carbocycles. The third kappa shape index (κ3) is 6.83. The molecule has 162 valence electrons. The highest BCUT2D eigenvalue weighted by Gasteiger charge is 2.25. The number of nitrogens with one attached hydrogen (secondary N) is 1. The molecule has 0 bridgehead atoms. The molecule has 0 spiro atoms. The van der Waals surface area contributed by atoms with E-state index in [1.165, 1.54) is 6.26 Å². The van der Waals surface area contributed by atoms with Crippen molar-refractivity contribution in [2.24, 2.45) is 0 Å². The zero-order valence-electron chi connectivity index (χ0n) is 17.4. The second kappa shape index (κ2) is 11.3. The van der Waals surface area contributed by atoms with E-state index in [0.717, 1.165) is 58.7 Å². The van der Waals surface area contributed by atoms with Crippen molar-refractivity contribution in [3.05, 3.63) is 23.7 Å². The molecule has 8 heteroatoms. The number of furan rings is 1. The van der Waals surface area contributed by atoms with Crippen LogP contribution in [0.15, 0.2) is 16.7 Å². The van der Waals surface area contributed by atoms with Gasteiger partial charge in [0.2, 0.25) is 5.91 Å². The molecule has 1 aromatic heterocycles. The van der Waals surface area contributed by atoms with Gasteiger partial charge in [-0.25, -0.2) is 0 Å². The van der Waals surface area contributed by atoms with Gasteiger partial charge >= 0.3 is 0 Å². The lowest BCUT2D eigenvalue weighted by Gasteiger charge is -2.26. The van der Waals surface area contributed by atoms with E-state index >= 15 is 0 Å². The first-order valence-electron chi connectivity index (χ1n) is 10.7. The van der Waals surface area contributed by atoms with Crippen molar-refractivity contribution in [2.75, 3.05) is 59.1 Å². The van der Waals surface area contributed by atoms with E-state index in [1.807, 2.05) is 0 Å². The van der Waals surface area contributed by atoms with Crippen molar-refractivity contribution < 1.29 is 23.5 Å². The minimum atomic E-state index is -0.105. The zero-order chi connectivity index (χ0) is 20.5. The van der Waals surface area contributed by atoms with Crippen LogP contribution in [0.2, 0.25) is 0 Å². The summed E-state index contributed by atoms with van der Waals surface area (Å²) in [7, 11) is 0. The number of aryl methyl sites for hydroxylation is 1. The number of ether oxygens (including phenoxy) is 2. The summed E-state index contributed by atoms with van der Waals surface area (Å²) in [6.45, 7) is 8.51. The minimum absolute atomic E-state index is 0.0268. The average Bonchev–Trinajstić information content (AvgIpc) is 3.40. The Balaban J connectivity index is 1.42. The first kappa shape index (κ1) is 21.8. The molecule has 1 N–H and O–H groups in total. The molecule has 2 fully saturated rings. The fourth-order valence-electron chi connectivity index (χ4n) is 3.77. The molecule has 1 atom stereocenters. The van der Waals surface area contributed by atoms with E-state index < -0.39 is 0 Å². The van der Waals surface area contributed by atoms with E-state index in [0.29, 0.717) is 31.0 Å². The molecule has 2 aliphatic heterocycles. The zero-order valence-corrected chi connectivity index (χ0v) is 17.4. The van der Waals surface area contributed by atoms with Gasteiger partial charge in [-0.2, -0.15) is 0 Å². The van der Waals surface area contributed by atoms with Gasteiger partial charge in [0.15, 0.2) is 0 Å². The predicted molar refractivity (Wildman–Crippen MR) is 108 cm³/mol. The standard InChI is InChI=1S/C21H33N3O5/c1-17-19(6-13-28-17)21(26)24(16-18-4-2-12-29-18)9-5-20(25)22-7-3-8-23-10-14-27-15-11-23/h6,13,18H,2-5,7-12,14-16H2,1H3,(H,22,25)/t18-/m1/s1. The summed E-state index contributed by atoms with van der Waals surface area (Å²) in [6, 6.07) is 1.69. The van der Waals surface area contributed by atoms with Crippen molar-refractivity contribution in [1.29, 1.82) is 0 Å². The predicted octanol–water partition coefficient (Wildman–Crippen LogP) is 1.44. The van der Waals surface area contributed by atoms with Crippen LogP contribution in [-0.2, 0) is 14.3 Å². The molecule has 2 saturated heterocycles. The minimum Gasteiger partial charge on any atom is -0.469 e. The number of morpholine rings is 1. The lowest BCUT2D eigenvalue weighted by Crippen LogP contribution is -2.40. The Bertz CT molecular complexity index is 650. The van der Waals surface area contributed by atoms with Crippen molar-refractivity contribution in [2.45, 2.75) is 38.7 Å². The number of hydrogen-bond acceptors (Lipinski definition) is 6. The smallest absolute Gasteiger partial charge is 0.257 e. The Labute approximate surface area is 172 Å². The topological polar surface area (TPSA) is 84.3 Å². The summed E-state index contributed by atoms with van der Waals surface area (Å²) >= 11 is 0. The summed E-state index contributed by atoms with van der Waals surface area (Å²) in [5, 5.41) is 2.97. The highest BCUT2D eigenvalue weighted by Crippen LogP contribution is 2.17. The van der Waals surface area contributed by atoms with E-state index in [2.05, 4.69) is 10.2 Å². The Morgan fingerprint density at radius 2 is 2.10 bits per heavy atom. The fourth-order valence-corrected chi connectivity index (χ4v) is 3.77. The highest BCUT2D eigenvalue weighted by molar-refractivity contribution is 5.95. The lowest BCUT2D eigenvalue weighted by molar-refractivity contribution is -0.121. The molecule has 0 unspecified atom stereocenters. The maximum absolute atomic E-state index is 12.9. The van der Waals surface area contributed by atoms with Gasteiger partial charge < -0.3 is 24.1 Å². The van der Waals surface area contributed by atoms with Gasteiger partial charge in [-0.15, -0.1) is 0 Å². The van der Waals surface area contributed by atoms with Gasteiger partial charge in [0, 0.05) is 45.8 Å². The first-order valence-corrected chi connectivity index (χ1v) is 10.7. The molecule has 0 aliphatic carbocycles. The molecule has 3 rings (SSSR count). The molecule has 29 heavy (non-hydrogen) atoms. The molecular weight excluding hydrogens is 374 g/mol. The maximum Gasteiger partial charge on any atom is 0.257 e. The Morgan fingerprint density at radius 3 is 2.79 bits per heavy atom. The van der Waals surface area contributed by atoms with Gasteiger partial charge in [-0.1, -0.05) is 0 Å². The molecule has 0 radical (unpaired) electrons. The normalized spacial score (nSPS) is 20.0. The molecule has 0 saturated carbocycles. The summed E-state index contributed by atoms with van der Waals surface area (Å²) < 4.78 is 16.3. The average molecular weight is 408 g/mol. The van der Waals surface area contributed by atoms with E-state index in [-0.39, 0.29) is 24.3 Å². The quantitative estimate of drug-likeness (QED) is 0.591. The monoisotopic (exact) mass is 407 g/mol. The van der Waals surface area contributed by atoms with E-state index in [1.54, 1.807) is 17.9 Å². The Hall–Kier alpha value is -1.90. The van der Waals surface area contributed by atoms with Crippen LogP contribution < -0.4 is 5.32 Å². The van der Waals surface area contributed by atoms with Gasteiger partial charge in [0.1, 0.15) is 5.76 Å². The van der Waals surface area contributed by atoms with Crippen LogP contribution in [0.5, 0.6) is 0 Å². The second-order valence-corrected chi connectivity index (χ2v) is 7.68. The van der Waals surface area contributed by atoms with E-state index in [4.69, 9.17) is 13.9 Å². The maximum atomic E-state index is 12.9. The van der Waals surface area contributed by atoms with Crippen molar-refractivity contribution in [3.63, 3.8) is 0 Å². The third-order valence-electron chi connectivity index (χ3n) is 5.51. The number of amides is 2. The van der Waals surface area contributed by atoms with Gasteiger partial charge in [0.05, 0.1) is 31.1 Å². The van der Waals surface area contributed by atoms with Crippen LogP contribution in [0.1, 0.15) is 41.8 Å². The van der Waals surface area contributed by atoms with Crippen LogP contribution in [-0.4, -0.2) is 86.8 Å². The van der Waals surface area contributed by atoms with Crippen LogP contribution in [0.25, 0.3) is 0 Å². The summed E-state index contributed by atoms with van der Waals surface area (Å²) in [6.07, 6.45) is 4.73. The van der Waals surface area contributed by atoms with Crippen LogP contribution in [0.4, 0.5) is 0 Å². The largest absolute Gasteiger partial charge is 0.469 e. The van der Waals surface area contributed by atoms with Gasteiger partial charge in [-0.05, 0) is 38.8 Å². The molecule has 1 aromatic rings. The fraction of sp³-hybridized carbons (Fsp3) is 0.714. The SMILES string of the molecule is Cc1occc1C(=O)N(CCC(=O)NCCCN1CCOCC1)C[C@H]1CCCO1. The van der Waals surface area contributed by atoms with Gasteiger partial charge in [0.25, 0.3) is 5.91 Å². The van der Waals surface area contributed by atoms with Crippen molar-refractivity contribution in [1.82, 2.24) is 15.1 Å². The number of carbonyl (C=O) groups excluding carboxylic acids is 2. The molecule has 3 heterocycles. The molecular formula is C21H33N3O5. The number of carbonyl (C=O) groups is 2. The first-order chi connectivity index (χ1) is 14.1. The van der Waals surface area contributed by atoms with Crippen molar-refractivity contribution >= 4 is 11.8 Å². The van der Waals surface area contributed by atoms with Crippen molar-refractivity contribution in [3.8, 4) is 0 Å². The van der Waals surface area contributed by atoms with Crippen LogP contribution >= 0.6 is 0 Å². The van der Waals surface area contributed by atoms with Gasteiger partial charge in [-0.3, -0.25) is 14.5 Å². The highest BCUT2D eigenvalue weighted by atomic mass is 16.5. The van der Waals surface area contributed by atoms with E-state index in [9.17, 15) is 9.59 Å². The number of rotatable bonds is 10. The van der Waals surface area contributed by atoms with Crippen LogP contribution in [0.3, 0.4) is 0 Å². The summed E-state index contributed by atoms with van der Waals surface area (Å²) in [5.41, 5.74) is 0.550. The second-order valence-electron chi connectivity index (χ2n) is 7.68. The summed E-state index contributed by atoms with van der Waals surface area (Å²) in [5.74, 6) is 0.466. The molecule has 8 nitrogen and oxygen atoms in total. The Morgan fingerprint density at radius 1 is 1.28 bits per heavy atom. The molecule has 2 aliphatic rings. The Kier molecular flexibility index (Phi) is 8.52. The number of hydrogen-bond donors (Lipinski definition) is 1. The summed E-state index contributed by atoms with van der Waals surface area (Å²) in [4.78, 5) is 29.3. The molecule has 2 amide bonds. The lowest BCUT2D eigenvalue weighted by atomic mass is 10.1. The van der Waals surface area contributed by atoms with Crippen LogP contribution in [0, 0.1) is 6.92 Å². The third-order valence-corrected chi connectivity index (χ3v) is 5.51.